The lowest BCUT2D eigenvalue weighted by molar-refractivity contribution is -0.0288. The van der Waals surface area contributed by atoms with E-state index in [0.717, 1.165) is 0 Å². The molecule has 6 nitrogen and oxygen atoms in total. The highest BCUT2D eigenvalue weighted by Gasteiger charge is 2.47. The summed E-state index contributed by atoms with van der Waals surface area (Å²) >= 11 is 5.99. The molecule has 0 saturated carbocycles. The largest absolute Gasteiger partial charge is 0.394 e. The zero-order valence-corrected chi connectivity index (χ0v) is 10.6. The van der Waals surface area contributed by atoms with Crippen LogP contribution in [0.2, 0.25) is 5.15 Å². The van der Waals surface area contributed by atoms with Crippen LogP contribution in [0.3, 0.4) is 0 Å². The molecule has 0 unspecified atom stereocenters. The fraction of sp³-hybridized carbons (Fsp3) is 0.417. The van der Waals surface area contributed by atoms with Gasteiger partial charge < -0.3 is 9.84 Å². The number of aromatic nitrogens is 4. The summed E-state index contributed by atoms with van der Waals surface area (Å²) in [6.45, 7) is 0.0182. The summed E-state index contributed by atoms with van der Waals surface area (Å²) in [5.74, 6) is 0.521. The van der Waals surface area contributed by atoms with Gasteiger partial charge in [0, 0.05) is 11.8 Å². The highest BCUT2D eigenvalue weighted by atomic mass is 35.5. The van der Waals surface area contributed by atoms with Crippen molar-refractivity contribution in [3.8, 4) is 0 Å². The van der Waals surface area contributed by atoms with Crippen molar-refractivity contribution in [2.24, 2.45) is 11.8 Å². The Morgan fingerprint density at radius 2 is 2.11 bits per heavy atom. The fourth-order valence-corrected chi connectivity index (χ4v) is 2.99. The number of rotatable bonds is 2. The third-order valence-electron chi connectivity index (χ3n) is 3.84. The van der Waals surface area contributed by atoms with Crippen molar-refractivity contribution in [2.45, 2.75) is 12.3 Å². The Morgan fingerprint density at radius 1 is 1.26 bits per heavy atom. The van der Waals surface area contributed by atoms with Crippen molar-refractivity contribution in [3.05, 3.63) is 30.0 Å². The van der Waals surface area contributed by atoms with Crippen LogP contribution in [0, 0.1) is 11.8 Å². The van der Waals surface area contributed by atoms with E-state index in [4.69, 9.17) is 16.3 Å². The van der Waals surface area contributed by atoms with Gasteiger partial charge in [-0.1, -0.05) is 23.8 Å². The molecular weight excluding hydrogens is 268 g/mol. The number of halogens is 1. The molecule has 0 aromatic carbocycles. The molecule has 1 saturated heterocycles. The summed E-state index contributed by atoms with van der Waals surface area (Å²) in [4.78, 5) is 12.4. The van der Waals surface area contributed by atoms with Gasteiger partial charge in [-0.2, -0.15) is 0 Å². The lowest BCUT2D eigenvalue weighted by Gasteiger charge is -2.25. The van der Waals surface area contributed by atoms with Crippen LogP contribution < -0.4 is 0 Å². The summed E-state index contributed by atoms with van der Waals surface area (Å²) in [7, 11) is 0. The van der Waals surface area contributed by atoms with E-state index in [2.05, 4.69) is 27.1 Å². The van der Waals surface area contributed by atoms with Gasteiger partial charge >= 0.3 is 0 Å². The Kier molecular flexibility index (Phi) is 2.38. The third-order valence-corrected chi connectivity index (χ3v) is 4.12. The number of fused-ring (bicyclic) bond motifs is 2. The average molecular weight is 279 g/mol. The highest BCUT2D eigenvalue weighted by Crippen LogP contribution is 2.47. The van der Waals surface area contributed by atoms with Crippen LogP contribution in [-0.2, 0) is 4.74 Å². The lowest BCUT2D eigenvalue weighted by Crippen LogP contribution is -2.26. The predicted molar refractivity (Wildman–Crippen MR) is 67.4 cm³/mol. The van der Waals surface area contributed by atoms with Gasteiger partial charge in [0.25, 0.3) is 0 Å². The molecule has 1 fully saturated rings. The maximum atomic E-state index is 9.33. The minimum absolute atomic E-state index is 0.0182. The smallest absolute Gasteiger partial charge is 0.166 e. The monoisotopic (exact) mass is 278 g/mol. The van der Waals surface area contributed by atoms with Gasteiger partial charge in [-0.05, 0) is 0 Å². The van der Waals surface area contributed by atoms with E-state index >= 15 is 0 Å². The molecule has 0 radical (unpaired) electrons. The molecule has 4 atom stereocenters. The first-order valence-corrected chi connectivity index (χ1v) is 6.45. The first kappa shape index (κ1) is 11.3. The number of aliphatic hydroxyl groups is 1. The van der Waals surface area contributed by atoms with Crippen molar-refractivity contribution in [1.29, 1.82) is 0 Å². The standard InChI is InChI=1S/C12H11ClN4O2/c13-10-9-11(15-4-14-10)17(5-16-9)12-7-2-1-6(7)8(3-18)19-12/h1-2,4-8,12,18H,3H2/t6-,7+,8+,12+/m0/s1. The van der Waals surface area contributed by atoms with E-state index in [-0.39, 0.29) is 30.8 Å². The Labute approximate surface area is 113 Å². The van der Waals surface area contributed by atoms with Crippen molar-refractivity contribution >= 4 is 22.8 Å². The Hall–Kier alpha value is -1.50. The molecule has 0 amide bonds. The van der Waals surface area contributed by atoms with E-state index in [1.165, 1.54) is 6.33 Å². The van der Waals surface area contributed by atoms with Crippen molar-refractivity contribution in [2.75, 3.05) is 6.61 Å². The second-order valence-electron chi connectivity index (χ2n) is 4.78. The predicted octanol–water partition coefficient (Wildman–Crippen LogP) is 1.17. The van der Waals surface area contributed by atoms with Gasteiger partial charge in [-0.3, -0.25) is 4.57 Å². The minimum atomic E-state index is -0.192. The van der Waals surface area contributed by atoms with Crippen LogP contribution in [-0.4, -0.2) is 37.3 Å². The van der Waals surface area contributed by atoms with Gasteiger partial charge in [-0.15, -0.1) is 0 Å². The molecule has 4 rings (SSSR count). The highest BCUT2D eigenvalue weighted by molar-refractivity contribution is 6.33. The topological polar surface area (TPSA) is 73.1 Å². The summed E-state index contributed by atoms with van der Waals surface area (Å²) in [6.07, 6.45) is 6.90. The van der Waals surface area contributed by atoms with E-state index in [0.29, 0.717) is 16.3 Å². The number of hydrogen-bond donors (Lipinski definition) is 1. The molecule has 2 aliphatic rings. The van der Waals surface area contributed by atoms with Gasteiger partial charge in [0.2, 0.25) is 0 Å². The van der Waals surface area contributed by atoms with Crippen LogP contribution >= 0.6 is 11.6 Å². The summed E-state index contributed by atoms with van der Waals surface area (Å²) in [5.41, 5.74) is 1.22. The molecule has 2 aromatic rings. The van der Waals surface area contributed by atoms with Crippen LogP contribution in [0.25, 0.3) is 11.2 Å². The normalized spacial score (nSPS) is 32.5. The van der Waals surface area contributed by atoms with Crippen molar-refractivity contribution in [3.63, 3.8) is 0 Å². The van der Waals surface area contributed by atoms with Crippen molar-refractivity contribution in [1.82, 2.24) is 19.5 Å². The van der Waals surface area contributed by atoms with E-state index in [1.807, 2.05) is 4.57 Å². The Morgan fingerprint density at radius 3 is 2.79 bits per heavy atom. The second-order valence-corrected chi connectivity index (χ2v) is 5.13. The molecule has 0 bridgehead atoms. The van der Waals surface area contributed by atoms with Crippen LogP contribution in [0.4, 0.5) is 0 Å². The van der Waals surface area contributed by atoms with E-state index in [9.17, 15) is 5.11 Å². The maximum absolute atomic E-state index is 9.33. The van der Waals surface area contributed by atoms with Gasteiger partial charge in [-0.25, -0.2) is 15.0 Å². The molecule has 1 aliphatic carbocycles. The molecule has 2 aromatic heterocycles. The number of hydrogen-bond acceptors (Lipinski definition) is 5. The number of imidazole rings is 1. The lowest BCUT2D eigenvalue weighted by atomic mass is 9.80. The SMILES string of the molecule is OC[C@H]1O[C@@H](n2cnc3c(Cl)ncnc32)[C@@H]2C=C[C@@H]21. The summed E-state index contributed by atoms with van der Waals surface area (Å²) in [6, 6.07) is 0. The summed E-state index contributed by atoms with van der Waals surface area (Å²) < 4.78 is 7.76. The molecule has 0 spiro atoms. The minimum Gasteiger partial charge on any atom is -0.394 e. The quantitative estimate of drug-likeness (QED) is 0.659. The van der Waals surface area contributed by atoms with Crippen LogP contribution in [0.15, 0.2) is 24.8 Å². The van der Waals surface area contributed by atoms with Crippen molar-refractivity contribution < 1.29 is 9.84 Å². The third kappa shape index (κ3) is 1.47. The molecule has 19 heavy (non-hydrogen) atoms. The Bertz CT molecular complexity index is 671. The number of nitrogens with zero attached hydrogens (tertiary/aromatic N) is 4. The maximum Gasteiger partial charge on any atom is 0.166 e. The number of aliphatic hydroxyl groups excluding tert-OH is 1. The van der Waals surface area contributed by atoms with E-state index < -0.39 is 0 Å². The van der Waals surface area contributed by atoms with Gasteiger partial charge in [0.1, 0.15) is 18.1 Å². The molecule has 1 aliphatic heterocycles. The molecule has 1 N–H and O–H groups in total. The molecule has 98 valence electrons. The molecule has 3 heterocycles. The first-order chi connectivity index (χ1) is 9.29. The van der Waals surface area contributed by atoms with Gasteiger partial charge in [0.05, 0.1) is 19.0 Å². The second kappa shape index (κ2) is 4.00. The molecule has 7 heteroatoms. The fourth-order valence-electron chi connectivity index (χ4n) is 2.81. The Balaban J connectivity index is 1.79. The zero-order chi connectivity index (χ0) is 13.0. The van der Waals surface area contributed by atoms with Gasteiger partial charge in [0.15, 0.2) is 10.8 Å². The summed E-state index contributed by atoms with van der Waals surface area (Å²) in [5, 5.41) is 9.66. The first-order valence-electron chi connectivity index (χ1n) is 6.07. The van der Waals surface area contributed by atoms with Crippen LogP contribution in [0.5, 0.6) is 0 Å². The zero-order valence-electron chi connectivity index (χ0n) is 9.85. The van der Waals surface area contributed by atoms with E-state index in [1.54, 1.807) is 6.33 Å². The average Bonchev–Trinajstić information content (AvgIpc) is 2.89. The van der Waals surface area contributed by atoms with Crippen LogP contribution in [0.1, 0.15) is 6.23 Å². The number of ether oxygens (including phenoxy) is 1. The molecular formula is C12H11ClN4O2.